The van der Waals surface area contributed by atoms with E-state index in [9.17, 15) is 9.18 Å². The van der Waals surface area contributed by atoms with E-state index < -0.39 is 0 Å². The number of amides is 1. The molecule has 2 aromatic rings. The van der Waals surface area contributed by atoms with Crippen molar-refractivity contribution < 1.29 is 9.18 Å². The van der Waals surface area contributed by atoms with Crippen LogP contribution in [0.4, 0.5) is 10.3 Å². The van der Waals surface area contributed by atoms with E-state index in [0.717, 1.165) is 50.8 Å². The number of rotatable bonds is 8. The van der Waals surface area contributed by atoms with Crippen LogP contribution in [-0.4, -0.2) is 40.4 Å². The van der Waals surface area contributed by atoms with E-state index in [1.165, 1.54) is 18.3 Å². The Kier molecular flexibility index (Phi) is 7.20. The van der Waals surface area contributed by atoms with Gasteiger partial charge in [0.15, 0.2) is 5.69 Å². The van der Waals surface area contributed by atoms with Crippen LogP contribution in [0.15, 0.2) is 30.5 Å². The Labute approximate surface area is 170 Å². The predicted molar refractivity (Wildman–Crippen MR) is 109 cm³/mol. The van der Waals surface area contributed by atoms with Crippen LogP contribution in [0.3, 0.4) is 0 Å². The van der Waals surface area contributed by atoms with Gasteiger partial charge in [-0.1, -0.05) is 43.5 Å². The molecule has 7 heteroatoms. The molecule has 2 heterocycles. The quantitative estimate of drug-likeness (QED) is 0.598. The number of halogens is 2. The van der Waals surface area contributed by atoms with Crippen LogP contribution >= 0.6 is 11.6 Å². The van der Waals surface area contributed by atoms with Crippen LogP contribution in [0, 0.1) is 5.82 Å². The molecule has 5 nitrogen and oxygen atoms in total. The Hall–Kier alpha value is -2.21. The minimum absolute atomic E-state index is 0.215. The lowest BCUT2D eigenvalue weighted by Crippen LogP contribution is -2.33. The molecule has 1 aliphatic heterocycles. The molecule has 0 N–H and O–H groups in total. The third-order valence-electron chi connectivity index (χ3n) is 4.93. The summed E-state index contributed by atoms with van der Waals surface area (Å²) in [5, 5.41) is 0.257. The topological polar surface area (TPSA) is 49.3 Å². The lowest BCUT2D eigenvalue weighted by Gasteiger charge is -2.24. The first-order chi connectivity index (χ1) is 13.6. The number of anilines is 1. The molecule has 0 spiro atoms. The summed E-state index contributed by atoms with van der Waals surface area (Å²) in [4.78, 5) is 25.9. The Morgan fingerprint density at radius 2 is 1.93 bits per heavy atom. The van der Waals surface area contributed by atoms with Crippen molar-refractivity contribution in [2.45, 2.75) is 45.6 Å². The fraction of sp³-hybridized carbons (Fsp3) is 0.476. The molecule has 1 aliphatic rings. The third-order valence-corrected chi connectivity index (χ3v) is 5.20. The highest BCUT2D eigenvalue weighted by Gasteiger charge is 2.23. The van der Waals surface area contributed by atoms with Gasteiger partial charge in [-0.3, -0.25) is 4.79 Å². The van der Waals surface area contributed by atoms with Gasteiger partial charge >= 0.3 is 0 Å². The van der Waals surface area contributed by atoms with E-state index in [4.69, 9.17) is 11.6 Å². The van der Waals surface area contributed by atoms with Crippen LogP contribution in [-0.2, 0) is 6.54 Å². The van der Waals surface area contributed by atoms with E-state index >= 15 is 0 Å². The van der Waals surface area contributed by atoms with Crippen molar-refractivity contribution >= 4 is 23.5 Å². The average molecular weight is 405 g/mol. The number of carbonyl (C=O) groups excluding carboxylic acids is 1. The fourth-order valence-corrected chi connectivity index (χ4v) is 3.51. The molecule has 1 amide bonds. The highest BCUT2D eigenvalue weighted by molar-refractivity contribution is 6.33. The second kappa shape index (κ2) is 9.82. The van der Waals surface area contributed by atoms with Crippen molar-refractivity contribution in [3.63, 3.8) is 0 Å². The largest absolute Gasteiger partial charge is 0.341 e. The van der Waals surface area contributed by atoms with E-state index in [1.807, 2.05) is 0 Å². The molecule has 1 aromatic carbocycles. The smallest absolute Gasteiger partial charge is 0.274 e. The van der Waals surface area contributed by atoms with Gasteiger partial charge in [-0.15, -0.1) is 0 Å². The van der Waals surface area contributed by atoms with Gasteiger partial charge < -0.3 is 9.80 Å². The third kappa shape index (κ3) is 5.19. The number of nitrogens with zero attached hydrogens (tertiary/aromatic N) is 4. The first-order valence-electron chi connectivity index (χ1n) is 9.89. The summed E-state index contributed by atoms with van der Waals surface area (Å²) in [5.41, 5.74) is 1.10. The molecule has 3 rings (SSSR count). The summed E-state index contributed by atoms with van der Waals surface area (Å²) < 4.78 is 13.2. The number of unbranched alkanes of at least 4 members (excludes halogenated alkanes) is 2. The standard InChI is InChI=1S/C21H26ClFN4O/c1-2-3-4-13-27(15-16-7-9-17(23)10-8-16)20(28)19-18(22)14-24-21(25-19)26-11-5-6-12-26/h7-10,14H,2-6,11-13,15H2,1H3. The minimum atomic E-state index is -0.290. The van der Waals surface area contributed by atoms with Gasteiger partial charge in [0, 0.05) is 26.2 Å². The van der Waals surface area contributed by atoms with Gasteiger partial charge in [-0.05, 0) is 37.0 Å². The fourth-order valence-electron chi connectivity index (χ4n) is 3.34. The first kappa shape index (κ1) is 20.5. The summed E-state index contributed by atoms with van der Waals surface area (Å²) in [6.07, 6.45) is 6.70. The Morgan fingerprint density at radius 3 is 2.61 bits per heavy atom. The summed E-state index contributed by atoms with van der Waals surface area (Å²) >= 11 is 6.29. The highest BCUT2D eigenvalue weighted by Crippen LogP contribution is 2.22. The van der Waals surface area contributed by atoms with Crippen molar-refractivity contribution in [1.29, 1.82) is 0 Å². The number of aromatic nitrogens is 2. The van der Waals surface area contributed by atoms with Gasteiger partial charge in [0.05, 0.1) is 11.2 Å². The molecule has 0 bridgehead atoms. The zero-order valence-electron chi connectivity index (χ0n) is 16.2. The van der Waals surface area contributed by atoms with Crippen LogP contribution in [0.2, 0.25) is 5.02 Å². The summed E-state index contributed by atoms with van der Waals surface area (Å²) in [6.45, 7) is 4.90. The Bertz CT molecular complexity index is 793. The van der Waals surface area contributed by atoms with Crippen molar-refractivity contribution in [1.82, 2.24) is 14.9 Å². The van der Waals surface area contributed by atoms with Crippen molar-refractivity contribution in [3.05, 3.63) is 52.6 Å². The number of hydrogen-bond acceptors (Lipinski definition) is 4. The SMILES string of the molecule is CCCCCN(Cc1ccc(F)cc1)C(=O)c1nc(N2CCCC2)ncc1Cl. The molecule has 150 valence electrons. The normalized spacial score (nSPS) is 13.8. The second-order valence-electron chi connectivity index (χ2n) is 7.12. The molecule has 1 saturated heterocycles. The van der Waals surface area contributed by atoms with Crippen molar-refractivity contribution in [2.75, 3.05) is 24.5 Å². The first-order valence-corrected chi connectivity index (χ1v) is 10.3. The molecular formula is C21H26ClFN4O. The van der Waals surface area contributed by atoms with Gasteiger partial charge in [-0.2, -0.15) is 0 Å². The van der Waals surface area contributed by atoms with E-state index in [1.54, 1.807) is 17.0 Å². The minimum Gasteiger partial charge on any atom is -0.341 e. The monoisotopic (exact) mass is 404 g/mol. The molecule has 0 atom stereocenters. The molecular weight excluding hydrogens is 379 g/mol. The molecule has 0 unspecified atom stereocenters. The van der Waals surface area contributed by atoms with Crippen molar-refractivity contribution in [3.8, 4) is 0 Å². The number of benzene rings is 1. The zero-order chi connectivity index (χ0) is 19.9. The van der Waals surface area contributed by atoms with E-state index in [2.05, 4.69) is 21.8 Å². The molecule has 0 radical (unpaired) electrons. The molecule has 0 saturated carbocycles. The maximum absolute atomic E-state index is 13.3. The summed E-state index contributed by atoms with van der Waals surface area (Å²) in [5.74, 6) is 0.0514. The van der Waals surface area contributed by atoms with Gasteiger partial charge in [0.25, 0.3) is 5.91 Å². The predicted octanol–water partition coefficient (Wildman–Crippen LogP) is 4.70. The second-order valence-corrected chi connectivity index (χ2v) is 7.53. The van der Waals surface area contributed by atoms with Crippen molar-refractivity contribution in [2.24, 2.45) is 0 Å². The highest BCUT2D eigenvalue weighted by atomic mass is 35.5. The Balaban J connectivity index is 1.82. The lowest BCUT2D eigenvalue weighted by molar-refractivity contribution is 0.0734. The maximum atomic E-state index is 13.3. The Morgan fingerprint density at radius 1 is 1.21 bits per heavy atom. The average Bonchev–Trinajstić information content (AvgIpc) is 3.23. The number of carbonyl (C=O) groups is 1. The van der Waals surface area contributed by atoms with Gasteiger partial charge in [0.2, 0.25) is 5.95 Å². The zero-order valence-corrected chi connectivity index (χ0v) is 17.0. The van der Waals surface area contributed by atoms with Crippen LogP contribution < -0.4 is 4.90 Å². The van der Waals surface area contributed by atoms with E-state index in [-0.39, 0.29) is 22.4 Å². The van der Waals surface area contributed by atoms with Crippen LogP contribution in [0.1, 0.15) is 55.1 Å². The van der Waals surface area contributed by atoms with Gasteiger partial charge in [-0.25, -0.2) is 14.4 Å². The number of hydrogen-bond donors (Lipinski definition) is 0. The molecule has 1 fully saturated rings. The molecule has 0 aliphatic carbocycles. The summed E-state index contributed by atoms with van der Waals surface area (Å²) in [7, 11) is 0. The van der Waals surface area contributed by atoms with E-state index in [0.29, 0.717) is 19.0 Å². The van der Waals surface area contributed by atoms with Gasteiger partial charge in [0.1, 0.15) is 5.82 Å². The maximum Gasteiger partial charge on any atom is 0.274 e. The molecule has 28 heavy (non-hydrogen) atoms. The summed E-state index contributed by atoms with van der Waals surface area (Å²) in [6, 6.07) is 6.22. The van der Waals surface area contributed by atoms with Crippen LogP contribution in [0.5, 0.6) is 0 Å². The lowest BCUT2D eigenvalue weighted by atomic mass is 10.1. The molecule has 1 aromatic heterocycles. The van der Waals surface area contributed by atoms with Crippen LogP contribution in [0.25, 0.3) is 0 Å².